The summed E-state index contributed by atoms with van der Waals surface area (Å²) in [5, 5.41) is 12.1. The largest absolute Gasteiger partial charge is 0.366 e. The quantitative estimate of drug-likeness (QED) is 0.832. The Bertz CT molecular complexity index is 695. The van der Waals surface area contributed by atoms with Gasteiger partial charge in [0.2, 0.25) is 5.76 Å². The smallest absolute Gasteiger partial charge is 0.292 e. The van der Waals surface area contributed by atoms with Crippen molar-refractivity contribution in [2.45, 2.75) is 45.8 Å². The first kappa shape index (κ1) is 16.6. The second-order valence-electron chi connectivity index (χ2n) is 6.01. The van der Waals surface area contributed by atoms with Crippen LogP contribution in [0.5, 0.6) is 0 Å². The van der Waals surface area contributed by atoms with Crippen LogP contribution in [0.3, 0.4) is 0 Å². The van der Waals surface area contributed by atoms with Crippen LogP contribution in [0.25, 0.3) is 0 Å². The molecule has 130 valence electrons. The lowest BCUT2D eigenvalue weighted by atomic mass is 10.1. The molecule has 3 heterocycles. The van der Waals surface area contributed by atoms with Gasteiger partial charge in [-0.25, -0.2) is 0 Å². The zero-order valence-corrected chi connectivity index (χ0v) is 14.3. The first-order valence-electron chi connectivity index (χ1n) is 8.39. The highest BCUT2D eigenvalue weighted by Crippen LogP contribution is 2.23. The van der Waals surface area contributed by atoms with Gasteiger partial charge in [0.15, 0.2) is 5.82 Å². The molecule has 8 heteroatoms. The van der Waals surface area contributed by atoms with Crippen molar-refractivity contribution >= 4 is 5.91 Å². The summed E-state index contributed by atoms with van der Waals surface area (Å²) >= 11 is 0. The normalized spacial score (nSPS) is 19.5. The van der Waals surface area contributed by atoms with Crippen LogP contribution in [0, 0.1) is 0 Å². The highest BCUT2D eigenvalue weighted by Gasteiger charge is 2.31. The number of amides is 1. The number of rotatable bonds is 5. The summed E-state index contributed by atoms with van der Waals surface area (Å²) in [6.07, 6.45) is 2.35. The Labute approximate surface area is 140 Å². The monoisotopic (exact) mass is 333 g/mol. The highest BCUT2D eigenvalue weighted by molar-refractivity contribution is 5.91. The Hall–Kier alpha value is -2.22. The van der Waals surface area contributed by atoms with Crippen molar-refractivity contribution in [2.75, 3.05) is 19.7 Å². The van der Waals surface area contributed by atoms with Gasteiger partial charge in [-0.15, -0.1) is 10.2 Å². The molecule has 1 aliphatic rings. The molecule has 0 spiro atoms. The standard InChI is InChI=1S/C16H23N5O3/c1-4-11(3)12-8-13(24-19-12)16(22)21-6-7-23-14(9-21)15-18-17-10-20(15)5-2/h8,10-11,14H,4-7,9H2,1-3H3/t11-,14+/m1/s1. The van der Waals surface area contributed by atoms with Crippen LogP contribution in [0.4, 0.5) is 0 Å². The highest BCUT2D eigenvalue weighted by atomic mass is 16.5. The molecule has 0 saturated carbocycles. The van der Waals surface area contributed by atoms with E-state index in [1.165, 1.54) is 0 Å². The van der Waals surface area contributed by atoms with E-state index in [2.05, 4.69) is 29.2 Å². The van der Waals surface area contributed by atoms with E-state index in [1.807, 2.05) is 11.5 Å². The molecule has 1 fully saturated rings. The third-order valence-electron chi connectivity index (χ3n) is 4.48. The number of carbonyl (C=O) groups is 1. The van der Waals surface area contributed by atoms with E-state index in [1.54, 1.807) is 17.3 Å². The van der Waals surface area contributed by atoms with Gasteiger partial charge in [0.1, 0.15) is 12.4 Å². The third-order valence-corrected chi connectivity index (χ3v) is 4.48. The van der Waals surface area contributed by atoms with Crippen molar-refractivity contribution in [1.29, 1.82) is 0 Å². The fourth-order valence-electron chi connectivity index (χ4n) is 2.73. The lowest BCUT2D eigenvalue weighted by Crippen LogP contribution is -2.42. The zero-order chi connectivity index (χ0) is 17.1. The predicted octanol–water partition coefficient (Wildman–Crippen LogP) is 2.01. The number of nitrogens with zero attached hydrogens (tertiary/aromatic N) is 5. The van der Waals surface area contributed by atoms with Gasteiger partial charge in [0.05, 0.1) is 18.8 Å². The number of carbonyl (C=O) groups excluding carboxylic acids is 1. The number of ether oxygens (including phenoxy) is 1. The summed E-state index contributed by atoms with van der Waals surface area (Å²) in [6.45, 7) is 8.33. The van der Waals surface area contributed by atoms with E-state index in [4.69, 9.17) is 9.26 Å². The van der Waals surface area contributed by atoms with Crippen molar-refractivity contribution in [3.8, 4) is 0 Å². The first-order chi connectivity index (χ1) is 11.6. The summed E-state index contributed by atoms with van der Waals surface area (Å²) in [4.78, 5) is 14.4. The minimum Gasteiger partial charge on any atom is -0.366 e. The SMILES string of the molecule is CC[C@@H](C)c1cc(C(=O)N2CCO[C@H](c3nncn3CC)C2)on1. The van der Waals surface area contributed by atoms with Gasteiger partial charge < -0.3 is 18.7 Å². The van der Waals surface area contributed by atoms with Gasteiger partial charge in [-0.05, 0) is 13.3 Å². The van der Waals surface area contributed by atoms with Crippen LogP contribution in [0.15, 0.2) is 16.9 Å². The van der Waals surface area contributed by atoms with Crippen LogP contribution in [-0.2, 0) is 11.3 Å². The Morgan fingerprint density at radius 3 is 3.04 bits per heavy atom. The number of morpholine rings is 1. The van der Waals surface area contributed by atoms with Gasteiger partial charge in [-0.1, -0.05) is 19.0 Å². The second-order valence-corrected chi connectivity index (χ2v) is 6.01. The minimum atomic E-state index is -0.276. The topological polar surface area (TPSA) is 86.3 Å². The van der Waals surface area contributed by atoms with Gasteiger partial charge in [0, 0.05) is 25.1 Å². The molecule has 2 atom stereocenters. The molecule has 0 aliphatic carbocycles. The maximum Gasteiger partial charge on any atom is 0.292 e. The Kier molecular flexibility index (Phi) is 4.94. The van der Waals surface area contributed by atoms with Gasteiger partial charge in [-0.2, -0.15) is 0 Å². The van der Waals surface area contributed by atoms with Crippen LogP contribution in [-0.4, -0.2) is 50.4 Å². The number of hydrogen-bond acceptors (Lipinski definition) is 6. The van der Waals surface area contributed by atoms with Gasteiger partial charge in [0.25, 0.3) is 5.91 Å². The minimum absolute atomic E-state index is 0.159. The molecule has 3 rings (SSSR count). The van der Waals surface area contributed by atoms with Crippen LogP contribution in [0.1, 0.15) is 61.3 Å². The maximum absolute atomic E-state index is 12.7. The Morgan fingerprint density at radius 2 is 2.29 bits per heavy atom. The molecule has 0 aromatic carbocycles. The zero-order valence-electron chi connectivity index (χ0n) is 14.3. The average molecular weight is 333 g/mol. The second kappa shape index (κ2) is 7.12. The Morgan fingerprint density at radius 1 is 1.46 bits per heavy atom. The van der Waals surface area contributed by atoms with Crippen molar-refractivity contribution in [3.63, 3.8) is 0 Å². The van der Waals surface area contributed by atoms with E-state index < -0.39 is 0 Å². The van der Waals surface area contributed by atoms with E-state index >= 15 is 0 Å². The molecule has 1 amide bonds. The third kappa shape index (κ3) is 3.19. The van der Waals surface area contributed by atoms with Crippen molar-refractivity contribution in [3.05, 3.63) is 29.7 Å². The van der Waals surface area contributed by atoms with Crippen molar-refractivity contribution in [1.82, 2.24) is 24.8 Å². The molecule has 0 bridgehead atoms. The summed E-state index contributed by atoms with van der Waals surface area (Å²) in [5.41, 5.74) is 0.816. The summed E-state index contributed by atoms with van der Waals surface area (Å²) in [5.74, 6) is 1.14. The maximum atomic E-state index is 12.7. The van der Waals surface area contributed by atoms with E-state index in [0.29, 0.717) is 19.7 Å². The molecule has 2 aromatic rings. The van der Waals surface area contributed by atoms with E-state index in [9.17, 15) is 4.79 Å². The molecular formula is C16H23N5O3. The average Bonchev–Trinajstić information content (AvgIpc) is 3.29. The molecular weight excluding hydrogens is 310 g/mol. The molecule has 0 N–H and O–H groups in total. The number of aryl methyl sites for hydroxylation is 1. The van der Waals surface area contributed by atoms with Crippen LogP contribution in [0.2, 0.25) is 0 Å². The summed E-state index contributed by atoms with van der Waals surface area (Å²) in [7, 11) is 0. The van der Waals surface area contributed by atoms with E-state index in [0.717, 1.165) is 24.5 Å². The van der Waals surface area contributed by atoms with Crippen molar-refractivity contribution in [2.24, 2.45) is 0 Å². The fraction of sp³-hybridized carbons (Fsp3) is 0.625. The molecule has 24 heavy (non-hydrogen) atoms. The van der Waals surface area contributed by atoms with Gasteiger partial charge >= 0.3 is 0 Å². The number of hydrogen-bond donors (Lipinski definition) is 0. The van der Waals surface area contributed by atoms with Gasteiger partial charge in [-0.3, -0.25) is 4.79 Å². The molecule has 1 saturated heterocycles. The Balaban J connectivity index is 1.72. The molecule has 0 unspecified atom stereocenters. The van der Waals surface area contributed by atoms with E-state index in [-0.39, 0.29) is 23.7 Å². The van der Waals surface area contributed by atoms with Crippen LogP contribution < -0.4 is 0 Å². The molecule has 0 radical (unpaired) electrons. The van der Waals surface area contributed by atoms with Crippen LogP contribution >= 0.6 is 0 Å². The summed E-state index contributed by atoms with van der Waals surface area (Å²) < 4.78 is 13.0. The molecule has 8 nitrogen and oxygen atoms in total. The first-order valence-corrected chi connectivity index (χ1v) is 8.39. The number of aromatic nitrogens is 4. The summed E-state index contributed by atoms with van der Waals surface area (Å²) in [6, 6.07) is 1.75. The van der Waals surface area contributed by atoms with Crippen molar-refractivity contribution < 1.29 is 14.1 Å². The lowest BCUT2D eigenvalue weighted by molar-refractivity contribution is -0.0294. The lowest BCUT2D eigenvalue weighted by Gasteiger charge is -2.31. The molecule has 2 aromatic heterocycles. The predicted molar refractivity (Wildman–Crippen MR) is 85.5 cm³/mol. The molecule has 1 aliphatic heterocycles. The fourth-order valence-corrected chi connectivity index (χ4v) is 2.73.